The molecule has 2 aliphatic rings. The molecule has 2 aromatic rings. The Kier molecular flexibility index (Phi) is 6.10. The molecule has 1 aromatic carbocycles. The second kappa shape index (κ2) is 8.93. The zero-order valence-electron chi connectivity index (χ0n) is 17.6. The summed E-state index contributed by atoms with van der Waals surface area (Å²) in [5, 5.41) is 0. The Labute approximate surface area is 178 Å². The van der Waals surface area contributed by atoms with Crippen LogP contribution in [-0.4, -0.2) is 28.7 Å². The number of anilines is 1. The van der Waals surface area contributed by atoms with E-state index in [1.54, 1.807) is 19.5 Å². The molecule has 30 heavy (non-hydrogen) atoms. The Morgan fingerprint density at radius 2 is 1.73 bits per heavy atom. The summed E-state index contributed by atoms with van der Waals surface area (Å²) in [5.41, 5.74) is 13.7. The monoisotopic (exact) mass is 406 g/mol. The minimum absolute atomic E-state index is 0.249. The molecule has 158 valence electrons. The van der Waals surface area contributed by atoms with Crippen LogP contribution >= 0.6 is 0 Å². The highest BCUT2D eigenvalue weighted by atomic mass is 16.5. The number of nitrogen functional groups attached to an aromatic ring is 1. The summed E-state index contributed by atoms with van der Waals surface area (Å²) in [6, 6.07) is 6.36. The molecule has 0 saturated heterocycles. The fourth-order valence-corrected chi connectivity index (χ4v) is 4.42. The van der Waals surface area contributed by atoms with Gasteiger partial charge in [0.05, 0.1) is 24.3 Å². The first-order chi connectivity index (χ1) is 14.5. The number of hydrogen-bond acceptors (Lipinski definition) is 6. The number of nitrogens with two attached hydrogens (primary N) is 2. The van der Waals surface area contributed by atoms with E-state index in [0.29, 0.717) is 12.0 Å². The van der Waals surface area contributed by atoms with Gasteiger partial charge in [-0.2, -0.15) is 0 Å². The number of methoxy groups -OCH3 is 1. The second-order valence-corrected chi connectivity index (χ2v) is 8.44. The van der Waals surface area contributed by atoms with Crippen molar-refractivity contribution in [3.8, 4) is 23.3 Å². The van der Waals surface area contributed by atoms with Crippen molar-refractivity contribution >= 4 is 5.95 Å². The lowest BCUT2D eigenvalue weighted by atomic mass is 9.75. The smallest absolute Gasteiger partial charge is 0.219 e. The van der Waals surface area contributed by atoms with Gasteiger partial charge in [-0.15, -0.1) is 0 Å². The van der Waals surface area contributed by atoms with Crippen molar-refractivity contribution in [2.24, 2.45) is 5.73 Å². The predicted molar refractivity (Wildman–Crippen MR) is 117 cm³/mol. The highest BCUT2D eigenvalue weighted by molar-refractivity contribution is 5.44. The summed E-state index contributed by atoms with van der Waals surface area (Å²) >= 11 is 0. The third-order valence-corrected chi connectivity index (χ3v) is 6.26. The van der Waals surface area contributed by atoms with E-state index in [-0.39, 0.29) is 5.95 Å². The highest BCUT2D eigenvalue weighted by Crippen LogP contribution is 2.40. The number of benzene rings is 1. The van der Waals surface area contributed by atoms with Crippen molar-refractivity contribution < 1.29 is 9.47 Å². The summed E-state index contributed by atoms with van der Waals surface area (Å²) < 4.78 is 11.8. The predicted octanol–water partition coefficient (Wildman–Crippen LogP) is 3.80. The summed E-state index contributed by atoms with van der Waals surface area (Å²) in [6.07, 6.45) is 12.0. The SMILES string of the molecule is COc1ccc([C@H]2CC[C@](N)(C#Cc3cnc(N)nc3)CC2)cc1OC1CCCC1. The van der Waals surface area contributed by atoms with Gasteiger partial charge in [-0.25, -0.2) is 9.97 Å². The van der Waals surface area contributed by atoms with E-state index >= 15 is 0 Å². The van der Waals surface area contributed by atoms with Gasteiger partial charge in [-0.1, -0.05) is 17.9 Å². The minimum atomic E-state index is -0.479. The molecule has 1 heterocycles. The van der Waals surface area contributed by atoms with Gasteiger partial charge in [0.15, 0.2) is 11.5 Å². The van der Waals surface area contributed by atoms with E-state index in [4.69, 9.17) is 20.9 Å². The number of rotatable bonds is 4. The van der Waals surface area contributed by atoms with Crippen LogP contribution in [-0.2, 0) is 0 Å². The molecule has 2 aliphatic carbocycles. The summed E-state index contributed by atoms with van der Waals surface area (Å²) in [7, 11) is 1.70. The van der Waals surface area contributed by atoms with E-state index in [1.807, 2.05) is 6.07 Å². The lowest BCUT2D eigenvalue weighted by Gasteiger charge is -2.33. The molecule has 2 saturated carbocycles. The summed E-state index contributed by atoms with van der Waals surface area (Å²) in [4.78, 5) is 7.95. The number of ether oxygens (including phenoxy) is 2. The van der Waals surface area contributed by atoms with Gasteiger partial charge in [0.25, 0.3) is 0 Å². The summed E-state index contributed by atoms with van der Waals surface area (Å²) in [5.74, 6) is 8.74. The van der Waals surface area contributed by atoms with Crippen molar-refractivity contribution in [2.45, 2.75) is 68.9 Å². The molecule has 0 unspecified atom stereocenters. The van der Waals surface area contributed by atoms with Crippen LogP contribution in [0.15, 0.2) is 30.6 Å². The molecule has 0 aliphatic heterocycles. The van der Waals surface area contributed by atoms with Gasteiger partial charge in [0.1, 0.15) is 0 Å². The molecular weight excluding hydrogens is 376 g/mol. The standard InChI is InChI=1S/C24H30N4O2/c1-29-21-7-6-19(14-22(21)30-20-4-2-3-5-20)18-9-12-24(26,13-10-18)11-8-17-15-27-23(25)28-16-17/h6-7,14-16,18,20H,2-5,9-10,12-13,26H2,1H3,(H2,25,27,28)/t18-,24+. The fourth-order valence-electron chi connectivity index (χ4n) is 4.42. The Morgan fingerprint density at radius 3 is 2.40 bits per heavy atom. The molecule has 4 N–H and O–H groups in total. The van der Waals surface area contributed by atoms with Gasteiger partial charge < -0.3 is 20.9 Å². The summed E-state index contributed by atoms with van der Waals surface area (Å²) in [6.45, 7) is 0. The number of aromatic nitrogens is 2. The lowest BCUT2D eigenvalue weighted by Crippen LogP contribution is -2.41. The third kappa shape index (κ3) is 4.85. The molecule has 0 amide bonds. The molecule has 6 nitrogen and oxygen atoms in total. The van der Waals surface area contributed by atoms with Gasteiger partial charge in [0.2, 0.25) is 5.95 Å². The molecule has 2 fully saturated rings. The van der Waals surface area contributed by atoms with Crippen molar-refractivity contribution in [1.82, 2.24) is 9.97 Å². The van der Waals surface area contributed by atoms with E-state index in [0.717, 1.165) is 55.6 Å². The van der Waals surface area contributed by atoms with E-state index in [2.05, 4.69) is 33.9 Å². The van der Waals surface area contributed by atoms with Crippen LogP contribution in [0.2, 0.25) is 0 Å². The quantitative estimate of drug-likeness (QED) is 0.750. The first-order valence-electron chi connectivity index (χ1n) is 10.8. The molecule has 0 bridgehead atoms. The molecule has 6 heteroatoms. The number of hydrogen-bond donors (Lipinski definition) is 2. The first kappa shape index (κ1) is 20.5. The number of nitrogens with zero attached hydrogens (tertiary/aromatic N) is 2. The van der Waals surface area contributed by atoms with Crippen LogP contribution in [0.25, 0.3) is 0 Å². The molecule has 4 rings (SSSR count). The van der Waals surface area contributed by atoms with Gasteiger partial charge in [-0.3, -0.25) is 0 Å². The van der Waals surface area contributed by atoms with E-state index < -0.39 is 5.54 Å². The molecule has 0 radical (unpaired) electrons. The molecular formula is C24H30N4O2. The lowest BCUT2D eigenvalue weighted by molar-refractivity contribution is 0.200. The Hall–Kier alpha value is -2.78. The van der Waals surface area contributed by atoms with Gasteiger partial charge >= 0.3 is 0 Å². The van der Waals surface area contributed by atoms with Crippen LogP contribution in [0.3, 0.4) is 0 Å². The van der Waals surface area contributed by atoms with Crippen LogP contribution < -0.4 is 20.9 Å². The van der Waals surface area contributed by atoms with Crippen LogP contribution in [0, 0.1) is 11.8 Å². The Morgan fingerprint density at radius 1 is 1.03 bits per heavy atom. The van der Waals surface area contributed by atoms with Crippen molar-refractivity contribution in [3.63, 3.8) is 0 Å². The first-order valence-corrected chi connectivity index (χ1v) is 10.8. The normalized spacial score (nSPS) is 24.1. The Balaban J connectivity index is 1.42. The average molecular weight is 407 g/mol. The highest BCUT2D eigenvalue weighted by Gasteiger charge is 2.31. The topological polar surface area (TPSA) is 96.3 Å². The zero-order valence-corrected chi connectivity index (χ0v) is 17.6. The maximum Gasteiger partial charge on any atom is 0.219 e. The third-order valence-electron chi connectivity index (χ3n) is 6.26. The average Bonchev–Trinajstić information content (AvgIpc) is 3.27. The van der Waals surface area contributed by atoms with Crippen LogP contribution in [0.4, 0.5) is 5.95 Å². The van der Waals surface area contributed by atoms with Crippen LogP contribution in [0.5, 0.6) is 11.5 Å². The Bertz CT molecular complexity index is 918. The van der Waals surface area contributed by atoms with Crippen molar-refractivity contribution in [3.05, 3.63) is 41.7 Å². The van der Waals surface area contributed by atoms with Gasteiger partial charge in [0, 0.05) is 12.4 Å². The van der Waals surface area contributed by atoms with Crippen molar-refractivity contribution in [2.75, 3.05) is 12.8 Å². The van der Waals surface area contributed by atoms with Crippen LogP contribution in [0.1, 0.15) is 68.4 Å². The maximum atomic E-state index is 6.58. The minimum Gasteiger partial charge on any atom is -0.493 e. The largest absolute Gasteiger partial charge is 0.493 e. The molecule has 0 atom stereocenters. The van der Waals surface area contributed by atoms with E-state index in [1.165, 1.54) is 18.4 Å². The molecule has 1 aromatic heterocycles. The van der Waals surface area contributed by atoms with Crippen molar-refractivity contribution in [1.29, 1.82) is 0 Å². The van der Waals surface area contributed by atoms with E-state index in [9.17, 15) is 0 Å². The second-order valence-electron chi connectivity index (χ2n) is 8.44. The maximum absolute atomic E-state index is 6.58. The molecule has 0 spiro atoms. The zero-order chi connectivity index (χ0) is 21.0. The fraction of sp³-hybridized carbons (Fsp3) is 0.500. The van der Waals surface area contributed by atoms with Gasteiger partial charge in [-0.05, 0) is 75.0 Å².